The zero-order valence-electron chi connectivity index (χ0n) is 11.8. The number of nitrogens with two attached hydrogens (primary N) is 1. The van der Waals surface area contributed by atoms with Crippen molar-refractivity contribution in [2.24, 2.45) is 0 Å². The second-order valence-electron chi connectivity index (χ2n) is 4.67. The van der Waals surface area contributed by atoms with Crippen molar-refractivity contribution in [2.45, 2.75) is 26.9 Å². The number of nitrogens with one attached hydrogen (secondary N) is 1. The van der Waals surface area contributed by atoms with Gasteiger partial charge in [0.2, 0.25) is 11.9 Å². The van der Waals surface area contributed by atoms with E-state index < -0.39 is 0 Å². The number of halogens is 2. The Labute approximate surface area is 136 Å². The summed E-state index contributed by atoms with van der Waals surface area (Å²) in [6, 6.07) is 3.86. The number of rotatable bonds is 4. The highest BCUT2D eigenvalue weighted by Gasteiger charge is 2.10. The topological polar surface area (TPSA) is 86.0 Å². The van der Waals surface area contributed by atoms with Crippen LogP contribution >= 0.6 is 27.5 Å². The summed E-state index contributed by atoms with van der Waals surface area (Å²) in [6.07, 6.45) is -0.0554. The maximum atomic E-state index is 6.12. The van der Waals surface area contributed by atoms with Gasteiger partial charge in [-0.3, -0.25) is 0 Å². The van der Waals surface area contributed by atoms with E-state index in [1.165, 1.54) is 0 Å². The molecule has 0 saturated heterocycles. The van der Waals surface area contributed by atoms with Crippen LogP contribution < -0.4 is 15.8 Å². The summed E-state index contributed by atoms with van der Waals surface area (Å²) in [6.45, 7) is 5.68. The molecule has 0 bridgehead atoms. The number of hydrogen-bond donors (Lipinski definition) is 2. The van der Waals surface area contributed by atoms with Gasteiger partial charge in [0.25, 0.3) is 0 Å². The molecule has 0 aliphatic heterocycles. The van der Waals surface area contributed by atoms with Crippen LogP contribution in [0.15, 0.2) is 16.6 Å². The fourth-order valence-corrected chi connectivity index (χ4v) is 2.27. The molecule has 1 aromatic heterocycles. The van der Waals surface area contributed by atoms with Gasteiger partial charge in [-0.2, -0.15) is 15.0 Å². The number of anilines is 3. The summed E-state index contributed by atoms with van der Waals surface area (Å²) < 4.78 is 6.27. The highest BCUT2D eigenvalue weighted by atomic mass is 79.9. The Morgan fingerprint density at radius 1 is 1.29 bits per heavy atom. The Kier molecular flexibility index (Phi) is 4.84. The lowest BCUT2D eigenvalue weighted by Crippen LogP contribution is -2.11. The van der Waals surface area contributed by atoms with Crippen molar-refractivity contribution in [1.82, 2.24) is 15.0 Å². The van der Waals surface area contributed by atoms with E-state index in [1.54, 1.807) is 6.07 Å². The second kappa shape index (κ2) is 6.44. The lowest BCUT2D eigenvalue weighted by atomic mass is 10.2. The Hall–Kier alpha value is -1.60. The van der Waals surface area contributed by atoms with Crippen LogP contribution in [0.3, 0.4) is 0 Å². The minimum absolute atomic E-state index is 0.0554. The molecule has 0 atom stereocenters. The average molecular weight is 373 g/mol. The molecule has 21 heavy (non-hydrogen) atoms. The van der Waals surface area contributed by atoms with Crippen LogP contribution in [0.2, 0.25) is 5.02 Å². The van der Waals surface area contributed by atoms with Gasteiger partial charge in [-0.1, -0.05) is 11.6 Å². The molecule has 0 amide bonds. The van der Waals surface area contributed by atoms with Crippen molar-refractivity contribution in [2.75, 3.05) is 11.1 Å². The summed E-state index contributed by atoms with van der Waals surface area (Å²) >= 11 is 9.58. The number of aromatic nitrogens is 3. The summed E-state index contributed by atoms with van der Waals surface area (Å²) in [5, 5.41) is 3.68. The van der Waals surface area contributed by atoms with Crippen LogP contribution in [0.5, 0.6) is 6.01 Å². The zero-order chi connectivity index (χ0) is 15.6. The largest absolute Gasteiger partial charge is 0.461 e. The van der Waals surface area contributed by atoms with Gasteiger partial charge in [0.1, 0.15) is 0 Å². The first-order valence-electron chi connectivity index (χ1n) is 6.26. The van der Waals surface area contributed by atoms with Crippen LogP contribution in [0.1, 0.15) is 19.4 Å². The molecule has 1 heterocycles. The molecule has 0 aliphatic rings. The van der Waals surface area contributed by atoms with E-state index >= 15 is 0 Å². The van der Waals surface area contributed by atoms with Gasteiger partial charge in [-0.05, 0) is 54.4 Å². The second-order valence-corrected chi connectivity index (χ2v) is 5.93. The molecular formula is C13H15BrClN5O. The first-order chi connectivity index (χ1) is 9.85. The van der Waals surface area contributed by atoms with Gasteiger partial charge in [-0.25, -0.2) is 0 Å². The number of ether oxygens (including phenoxy) is 1. The summed E-state index contributed by atoms with van der Waals surface area (Å²) in [5.74, 6) is 0.372. The van der Waals surface area contributed by atoms with Gasteiger partial charge in [0, 0.05) is 9.50 Å². The Bertz CT molecular complexity index is 665. The molecule has 0 aliphatic carbocycles. The van der Waals surface area contributed by atoms with Gasteiger partial charge >= 0.3 is 6.01 Å². The van der Waals surface area contributed by atoms with Crippen LogP contribution in [0.4, 0.5) is 17.6 Å². The first kappa shape index (κ1) is 15.8. The number of benzene rings is 1. The number of hydrogen-bond acceptors (Lipinski definition) is 6. The normalized spacial score (nSPS) is 10.8. The maximum Gasteiger partial charge on any atom is 0.323 e. The third-order valence-corrected chi connectivity index (χ3v) is 3.53. The molecular weight excluding hydrogens is 358 g/mol. The Balaban J connectivity index is 2.31. The van der Waals surface area contributed by atoms with Crippen molar-refractivity contribution in [3.8, 4) is 6.01 Å². The van der Waals surface area contributed by atoms with Crippen molar-refractivity contribution in [3.05, 3.63) is 27.2 Å². The van der Waals surface area contributed by atoms with Crippen LogP contribution in [-0.2, 0) is 0 Å². The number of nitrogen functional groups attached to an aromatic ring is 1. The SMILES string of the molecule is Cc1cc(Br)c(Nc2nc(N)nc(OC(C)C)n2)cc1Cl. The van der Waals surface area contributed by atoms with Gasteiger partial charge in [0.15, 0.2) is 0 Å². The molecule has 0 fully saturated rings. The highest BCUT2D eigenvalue weighted by Crippen LogP contribution is 2.30. The predicted molar refractivity (Wildman–Crippen MR) is 87.2 cm³/mol. The molecule has 1 aromatic carbocycles. The minimum Gasteiger partial charge on any atom is -0.461 e. The molecule has 0 saturated carbocycles. The van der Waals surface area contributed by atoms with Crippen molar-refractivity contribution in [3.63, 3.8) is 0 Å². The lowest BCUT2D eigenvalue weighted by Gasteiger charge is -2.12. The van der Waals surface area contributed by atoms with E-state index in [1.807, 2.05) is 26.8 Å². The Morgan fingerprint density at radius 3 is 2.67 bits per heavy atom. The minimum atomic E-state index is -0.0554. The molecule has 3 N–H and O–H groups in total. The number of nitrogens with zero attached hydrogens (tertiary/aromatic N) is 3. The fourth-order valence-electron chi connectivity index (χ4n) is 1.55. The van der Waals surface area contributed by atoms with Crippen LogP contribution in [0.25, 0.3) is 0 Å². The Morgan fingerprint density at radius 2 is 2.00 bits per heavy atom. The zero-order valence-corrected chi connectivity index (χ0v) is 14.2. The molecule has 8 heteroatoms. The van der Waals surface area contributed by atoms with Gasteiger partial charge in [-0.15, -0.1) is 0 Å². The predicted octanol–water partition coefficient (Wildman–Crippen LogP) is 3.71. The third-order valence-electron chi connectivity index (χ3n) is 2.47. The van der Waals surface area contributed by atoms with E-state index in [9.17, 15) is 0 Å². The molecule has 0 spiro atoms. The van der Waals surface area contributed by atoms with E-state index in [0.717, 1.165) is 15.7 Å². The standard InChI is InChI=1S/C13H15BrClN5O/c1-6(2)21-13-19-11(16)18-12(20-13)17-10-5-9(15)7(3)4-8(10)14/h4-6H,1-3H3,(H3,16,17,18,19,20). The van der Waals surface area contributed by atoms with Crippen LogP contribution in [-0.4, -0.2) is 21.1 Å². The van der Waals surface area contributed by atoms with Gasteiger partial charge < -0.3 is 15.8 Å². The van der Waals surface area contributed by atoms with Crippen molar-refractivity contribution < 1.29 is 4.74 Å². The molecule has 6 nitrogen and oxygen atoms in total. The fraction of sp³-hybridized carbons (Fsp3) is 0.308. The smallest absolute Gasteiger partial charge is 0.323 e. The van der Waals surface area contributed by atoms with Crippen molar-refractivity contribution >= 4 is 45.1 Å². The average Bonchev–Trinajstić information content (AvgIpc) is 2.34. The molecule has 0 unspecified atom stereocenters. The first-order valence-corrected chi connectivity index (χ1v) is 7.43. The van der Waals surface area contributed by atoms with E-state index in [2.05, 4.69) is 36.2 Å². The van der Waals surface area contributed by atoms with Crippen molar-refractivity contribution in [1.29, 1.82) is 0 Å². The molecule has 112 valence electrons. The summed E-state index contributed by atoms with van der Waals surface area (Å²) in [7, 11) is 0. The lowest BCUT2D eigenvalue weighted by molar-refractivity contribution is 0.222. The van der Waals surface area contributed by atoms with E-state index in [0.29, 0.717) is 11.0 Å². The maximum absolute atomic E-state index is 6.12. The monoisotopic (exact) mass is 371 g/mol. The quantitative estimate of drug-likeness (QED) is 0.851. The van der Waals surface area contributed by atoms with Gasteiger partial charge in [0.05, 0.1) is 11.8 Å². The third kappa shape index (κ3) is 4.18. The molecule has 2 rings (SSSR count). The summed E-state index contributed by atoms with van der Waals surface area (Å²) in [5.41, 5.74) is 7.36. The van der Waals surface area contributed by atoms with E-state index in [-0.39, 0.29) is 18.1 Å². The molecule has 2 aromatic rings. The highest BCUT2D eigenvalue weighted by molar-refractivity contribution is 9.10. The molecule has 0 radical (unpaired) electrons. The number of aryl methyl sites for hydroxylation is 1. The summed E-state index contributed by atoms with van der Waals surface area (Å²) in [4.78, 5) is 12.1. The van der Waals surface area contributed by atoms with E-state index in [4.69, 9.17) is 22.1 Å². The van der Waals surface area contributed by atoms with Crippen LogP contribution in [0, 0.1) is 6.92 Å².